The summed E-state index contributed by atoms with van der Waals surface area (Å²) in [4.78, 5) is 18.0. The predicted octanol–water partition coefficient (Wildman–Crippen LogP) is 3.43. The summed E-state index contributed by atoms with van der Waals surface area (Å²) in [6.45, 7) is 2.71. The maximum absolute atomic E-state index is 12.5. The lowest BCUT2D eigenvalue weighted by atomic mass is 10.1. The van der Waals surface area contributed by atoms with Gasteiger partial charge in [-0.1, -0.05) is 18.2 Å². The van der Waals surface area contributed by atoms with E-state index in [1.165, 1.54) is 5.69 Å². The Hall–Kier alpha value is -2.95. The first-order valence-corrected chi connectivity index (χ1v) is 8.98. The average molecular weight is 349 g/mol. The van der Waals surface area contributed by atoms with Crippen LogP contribution < -0.4 is 15.0 Å². The van der Waals surface area contributed by atoms with Gasteiger partial charge in [-0.05, 0) is 42.7 Å². The topological polar surface area (TPSA) is 57.4 Å². The summed E-state index contributed by atoms with van der Waals surface area (Å²) in [6.07, 6.45) is 1.10. The van der Waals surface area contributed by atoms with Crippen molar-refractivity contribution in [2.75, 3.05) is 31.6 Å². The van der Waals surface area contributed by atoms with Gasteiger partial charge >= 0.3 is 0 Å². The molecule has 0 radical (unpaired) electrons. The van der Waals surface area contributed by atoms with Gasteiger partial charge in [0, 0.05) is 42.3 Å². The molecule has 2 N–H and O–H groups in total. The molecular weight excluding hydrogens is 326 g/mol. The maximum atomic E-state index is 12.5. The van der Waals surface area contributed by atoms with Crippen LogP contribution in [-0.4, -0.2) is 37.6 Å². The Morgan fingerprint density at radius 1 is 1.23 bits per heavy atom. The van der Waals surface area contributed by atoms with Crippen molar-refractivity contribution in [3.63, 3.8) is 0 Å². The number of nitrogens with zero attached hydrogens (tertiary/aromatic N) is 1. The van der Waals surface area contributed by atoms with E-state index in [4.69, 9.17) is 4.74 Å². The molecule has 1 aliphatic heterocycles. The van der Waals surface area contributed by atoms with Crippen molar-refractivity contribution in [2.24, 2.45) is 5.92 Å². The van der Waals surface area contributed by atoms with Crippen LogP contribution in [0.15, 0.2) is 54.6 Å². The zero-order valence-corrected chi connectivity index (χ0v) is 14.9. The van der Waals surface area contributed by atoms with Crippen LogP contribution in [0.4, 0.5) is 5.69 Å². The quantitative estimate of drug-likeness (QED) is 0.742. The van der Waals surface area contributed by atoms with E-state index in [0.717, 1.165) is 36.2 Å². The van der Waals surface area contributed by atoms with Crippen LogP contribution in [0.1, 0.15) is 16.9 Å². The smallest absolute Gasteiger partial charge is 0.267 e. The van der Waals surface area contributed by atoms with Gasteiger partial charge in [-0.15, -0.1) is 0 Å². The van der Waals surface area contributed by atoms with Gasteiger partial charge in [-0.25, -0.2) is 0 Å². The summed E-state index contributed by atoms with van der Waals surface area (Å²) in [5, 5.41) is 4.08. The summed E-state index contributed by atoms with van der Waals surface area (Å²) >= 11 is 0. The minimum absolute atomic E-state index is 0.0571. The fraction of sp³-hybridized carbons (Fsp3) is 0.286. The SMILES string of the molecule is COc1ccc2cc(C(=O)NC[C@@H]3CCN(c4ccccc4)C3)[nH]c2c1. The Morgan fingerprint density at radius 2 is 2.08 bits per heavy atom. The number of aromatic nitrogens is 1. The van der Waals surface area contributed by atoms with Crippen LogP contribution in [0, 0.1) is 5.92 Å². The first-order chi connectivity index (χ1) is 12.7. The molecule has 5 nitrogen and oxygen atoms in total. The molecule has 1 fully saturated rings. The molecule has 0 unspecified atom stereocenters. The first kappa shape index (κ1) is 16.5. The number of hydrogen-bond acceptors (Lipinski definition) is 3. The molecule has 0 aliphatic carbocycles. The standard InChI is InChI=1S/C21H23N3O2/c1-26-18-8-7-16-11-20(23-19(16)12-18)21(25)22-13-15-9-10-24(14-15)17-5-3-2-4-6-17/h2-8,11-12,15,23H,9-10,13-14H2,1H3,(H,22,25)/t15-/m0/s1. The van der Waals surface area contributed by atoms with Gasteiger partial charge in [0.1, 0.15) is 11.4 Å². The minimum atomic E-state index is -0.0571. The minimum Gasteiger partial charge on any atom is -0.497 e. The van der Waals surface area contributed by atoms with E-state index in [2.05, 4.69) is 39.5 Å². The largest absolute Gasteiger partial charge is 0.497 e. The second-order valence-electron chi connectivity index (χ2n) is 6.78. The van der Waals surface area contributed by atoms with Crippen molar-refractivity contribution in [3.05, 3.63) is 60.3 Å². The van der Waals surface area contributed by atoms with Crippen LogP contribution in [0.25, 0.3) is 10.9 Å². The van der Waals surface area contributed by atoms with Crippen molar-refractivity contribution in [1.82, 2.24) is 10.3 Å². The third kappa shape index (κ3) is 3.38. The van der Waals surface area contributed by atoms with Crippen LogP contribution in [0.5, 0.6) is 5.75 Å². The van der Waals surface area contributed by atoms with Crippen molar-refractivity contribution >= 4 is 22.5 Å². The average Bonchev–Trinajstić information content (AvgIpc) is 3.33. The number of carbonyl (C=O) groups excluding carboxylic acids is 1. The Kier molecular flexibility index (Phi) is 4.52. The summed E-state index contributed by atoms with van der Waals surface area (Å²) in [7, 11) is 1.64. The molecule has 134 valence electrons. The Bertz CT molecular complexity index is 904. The van der Waals surface area contributed by atoms with Crippen molar-refractivity contribution in [1.29, 1.82) is 0 Å². The number of aromatic amines is 1. The molecule has 4 rings (SSSR count). The molecule has 5 heteroatoms. The number of benzene rings is 2. The van der Waals surface area contributed by atoms with Gasteiger partial charge in [0.15, 0.2) is 0 Å². The number of nitrogens with one attached hydrogen (secondary N) is 2. The molecule has 1 atom stereocenters. The van der Waals surface area contributed by atoms with Gasteiger partial charge in [0.05, 0.1) is 7.11 Å². The number of fused-ring (bicyclic) bond motifs is 1. The molecule has 26 heavy (non-hydrogen) atoms. The molecule has 1 aliphatic rings. The number of ether oxygens (including phenoxy) is 1. The molecule has 1 amide bonds. The fourth-order valence-corrected chi connectivity index (χ4v) is 3.56. The van der Waals surface area contributed by atoms with Gasteiger partial charge < -0.3 is 19.9 Å². The Morgan fingerprint density at radius 3 is 2.88 bits per heavy atom. The lowest BCUT2D eigenvalue weighted by Crippen LogP contribution is -2.31. The molecule has 1 aromatic heterocycles. The normalized spacial score (nSPS) is 16.8. The number of methoxy groups -OCH3 is 1. The highest BCUT2D eigenvalue weighted by molar-refractivity contribution is 5.98. The lowest BCUT2D eigenvalue weighted by Gasteiger charge is -2.18. The first-order valence-electron chi connectivity index (χ1n) is 8.98. The van der Waals surface area contributed by atoms with Crippen molar-refractivity contribution in [2.45, 2.75) is 6.42 Å². The van der Waals surface area contributed by atoms with E-state index in [1.54, 1.807) is 7.11 Å². The number of anilines is 1. The lowest BCUT2D eigenvalue weighted by molar-refractivity contribution is 0.0944. The molecule has 2 aromatic carbocycles. The van der Waals surface area contributed by atoms with Crippen LogP contribution in [0.2, 0.25) is 0 Å². The van der Waals surface area contributed by atoms with E-state index in [9.17, 15) is 4.79 Å². The number of H-pyrrole nitrogens is 1. The van der Waals surface area contributed by atoms with Gasteiger partial charge in [-0.2, -0.15) is 0 Å². The summed E-state index contributed by atoms with van der Waals surface area (Å²) in [6, 6.07) is 18.1. The van der Waals surface area contributed by atoms with E-state index in [0.29, 0.717) is 18.2 Å². The van der Waals surface area contributed by atoms with E-state index in [1.807, 2.05) is 30.3 Å². The Labute approximate surface area is 153 Å². The highest BCUT2D eigenvalue weighted by Crippen LogP contribution is 2.24. The van der Waals surface area contributed by atoms with E-state index < -0.39 is 0 Å². The van der Waals surface area contributed by atoms with Crippen molar-refractivity contribution < 1.29 is 9.53 Å². The summed E-state index contributed by atoms with van der Waals surface area (Å²) < 4.78 is 5.23. The Balaban J connectivity index is 1.35. The molecule has 0 spiro atoms. The molecule has 1 saturated heterocycles. The van der Waals surface area contributed by atoms with Crippen LogP contribution >= 0.6 is 0 Å². The number of amides is 1. The number of para-hydroxylation sites is 1. The summed E-state index contributed by atoms with van der Waals surface area (Å²) in [5.74, 6) is 1.19. The van der Waals surface area contributed by atoms with Gasteiger partial charge in [0.2, 0.25) is 0 Å². The van der Waals surface area contributed by atoms with Gasteiger partial charge in [0.25, 0.3) is 5.91 Å². The van der Waals surface area contributed by atoms with Crippen LogP contribution in [0.3, 0.4) is 0 Å². The fourth-order valence-electron chi connectivity index (χ4n) is 3.56. The van der Waals surface area contributed by atoms with Crippen LogP contribution in [-0.2, 0) is 0 Å². The molecule has 0 saturated carbocycles. The highest BCUT2D eigenvalue weighted by atomic mass is 16.5. The van der Waals surface area contributed by atoms with Crippen molar-refractivity contribution in [3.8, 4) is 5.75 Å². The van der Waals surface area contributed by atoms with E-state index in [-0.39, 0.29) is 5.91 Å². The second-order valence-corrected chi connectivity index (χ2v) is 6.78. The molecular formula is C21H23N3O2. The number of carbonyl (C=O) groups is 1. The third-order valence-corrected chi connectivity index (χ3v) is 5.03. The molecule has 0 bridgehead atoms. The zero-order valence-electron chi connectivity index (χ0n) is 14.9. The highest BCUT2D eigenvalue weighted by Gasteiger charge is 2.23. The number of hydrogen-bond donors (Lipinski definition) is 2. The van der Waals surface area contributed by atoms with Gasteiger partial charge in [-0.3, -0.25) is 4.79 Å². The monoisotopic (exact) mass is 349 g/mol. The third-order valence-electron chi connectivity index (χ3n) is 5.03. The molecule has 2 heterocycles. The zero-order chi connectivity index (χ0) is 17.9. The number of rotatable bonds is 5. The van der Waals surface area contributed by atoms with E-state index >= 15 is 0 Å². The summed E-state index contributed by atoms with van der Waals surface area (Å²) in [5.41, 5.74) is 2.75. The maximum Gasteiger partial charge on any atom is 0.267 e. The molecule has 3 aromatic rings. The predicted molar refractivity (Wildman–Crippen MR) is 104 cm³/mol. The second kappa shape index (κ2) is 7.12.